The molecule has 0 fully saturated rings. The van der Waals surface area contributed by atoms with Gasteiger partial charge in [0.25, 0.3) is 0 Å². The molecule has 6 nitrogen and oxygen atoms in total. The van der Waals surface area contributed by atoms with Crippen LogP contribution in [-0.4, -0.2) is 15.3 Å². The Balaban J connectivity index is -0.0000000822. The molecule has 3 rings (SSSR count). The van der Waals surface area contributed by atoms with Crippen molar-refractivity contribution in [2.75, 3.05) is 0 Å². The van der Waals surface area contributed by atoms with E-state index in [0.29, 0.717) is 5.02 Å². The van der Waals surface area contributed by atoms with Crippen LogP contribution in [0.5, 0.6) is 0 Å². The average molecular weight is 982 g/mol. The fourth-order valence-corrected chi connectivity index (χ4v) is 1.61. The molecule has 27 heavy (non-hydrogen) atoms. The van der Waals surface area contributed by atoms with Crippen molar-refractivity contribution in [3.05, 3.63) is 51.3 Å². The Morgan fingerprint density at radius 2 is 1.07 bits per heavy atom. The second-order valence-corrected chi connectivity index (χ2v) is 5.32. The maximum atomic E-state index is 5.67. The first kappa shape index (κ1) is 38.3. The van der Waals surface area contributed by atoms with Crippen LogP contribution in [0.2, 0.25) is 5.02 Å². The van der Waals surface area contributed by atoms with Crippen LogP contribution in [0.4, 0.5) is 0 Å². The molecule has 0 radical (unpaired) electrons. The number of aromatic nitrogens is 6. The topological polar surface area (TPSA) is 81.0 Å². The zero-order valence-electron chi connectivity index (χ0n) is 15.4. The predicted octanol–water partition coefficient (Wildman–Crippen LogP) is -3.38. The number of hydrogen-bond acceptors (Lipinski definition) is 3. The molecule has 0 spiro atoms. The maximum Gasteiger partial charge on any atom is 3.00 e. The Morgan fingerprint density at radius 1 is 0.704 bits per heavy atom. The molecule has 0 aromatic carbocycles. The Bertz CT molecular complexity index is 625. The van der Waals surface area contributed by atoms with Gasteiger partial charge in [0, 0.05) is 22.1 Å². The van der Waals surface area contributed by atoms with Crippen molar-refractivity contribution in [3.63, 3.8) is 0 Å². The molecule has 0 aliphatic carbocycles. The van der Waals surface area contributed by atoms with Gasteiger partial charge >= 0.3 is 67.1 Å². The molecule has 0 N–H and O–H groups in total. The summed E-state index contributed by atoms with van der Waals surface area (Å²) in [5.74, 6) is 0. The molecule has 12 heteroatoms. The Morgan fingerprint density at radius 3 is 1.15 bits per heavy atom. The van der Waals surface area contributed by atoms with Gasteiger partial charge in [-0.3, -0.25) is 0 Å². The fourth-order valence-electron chi connectivity index (χ4n) is 1.54. The molecule has 0 bridgehead atoms. The summed E-state index contributed by atoms with van der Waals surface area (Å²) in [5, 5.41) is 23.2. The van der Waals surface area contributed by atoms with Crippen molar-refractivity contribution in [2.45, 2.75) is 41.5 Å². The monoisotopic (exact) mass is 980 g/mol. The second-order valence-electron chi connectivity index (χ2n) is 4.94. The third kappa shape index (κ3) is 16.2. The van der Waals surface area contributed by atoms with Gasteiger partial charge < -0.3 is 55.4 Å². The summed E-state index contributed by atoms with van der Waals surface area (Å²) in [4.78, 5) is 0. The minimum Gasteiger partial charge on any atom is -1.00 e. The molecular formula is C15H20Au3Cl3N6. The summed E-state index contributed by atoms with van der Waals surface area (Å²) >= 11 is 5.67. The van der Waals surface area contributed by atoms with Gasteiger partial charge in [0.15, 0.2) is 0 Å². The van der Waals surface area contributed by atoms with Crippen molar-refractivity contribution in [1.82, 2.24) is 30.6 Å². The molecular weight excluding hydrogens is 961 g/mol. The molecule has 0 aliphatic heterocycles. The van der Waals surface area contributed by atoms with Crippen LogP contribution in [0, 0.1) is 41.5 Å². The van der Waals surface area contributed by atoms with Crippen LogP contribution in [0.15, 0.2) is 12.1 Å². The summed E-state index contributed by atoms with van der Waals surface area (Å²) in [6.07, 6.45) is 0. The van der Waals surface area contributed by atoms with Gasteiger partial charge in [-0.15, -0.1) is 17.1 Å². The third-order valence-corrected chi connectivity index (χ3v) is 3.10. The van der Waals surface area contributed by atoms with Crippen molar-refractivity contribution >= 4 is 11.6 Å². The second kappa shape index (κ2) is 20.0. The smallest absolute Gasteiger partial charge is 1.00 e. The van der Waals surface area contributed by atoms with E-state index >= 15 is 0 Å². The first-order chi connectivity index (χ1) is 10.3. The molecule has 0 unspecified atom stereocenters. The number of rotatable bonds is 0. The van der Waals surface area contributed by atoms with Gasteiger partial charge in [-0.05, 0) is 20.8 Å². The Hall–Kier alpha value is 0.721. The summed E-state index contributed by atoms with van der Waals surface area (Å²) in [7, 11) is 0. The summed E-state index contributed by atoms with van der Waals surface area (Å²) in [6, 6.07) is 3.89. The van der Waals surface area contributed by atoms with Gasteiger partial charge in [-0.2, -0.15) is 0 Å². The van der Waals surface area contributed by atoms with Crippen molar-refractivity contribution in [2.24, 2.45) is 0 Å². The molecule has 0 saturated heterocycles. The molecule has 0 aliphatic rings. The van der Waals surface area contributed by atoms with E-state index in [4.69, 9.17) is 11.6 Å². The largest absolute Gasteiger partial charge is 3.00 e. The number of hydrogen-bond donors (Lipinski definition) is 0. The van der Waals surface area contributed by atoms with Crippen molar-refractivity contribution in [3.8, 4) is 0 Å². The minimum absolute atomic E-state index is 0. The van der Waals surface area contributed by atoms with Crippen LogP contribution in [0.1, 0.15) is 34.2 Å². The first-order valence-corrected chi connectivity index (χ1v) is 7.16. The van der Waals surface area contributed by atoms with E-state index < -0.39 is 0 Å². The van der Waals surface area contributed by atoms with Crippen LogP contribution >= 0.6 is 11.6 Å². The molecule has 3 aromatic heterocycles. The van der Waals surface area contributed by atoms with Crippen LogP contribution in [-0.2, 0) is 67.1 Å². The zero-order valence-corrected chi connectivity index (χ0v) is 24.1. The third-order valence-electron chi connectivity index (χ3n) is 2.55. The van der Waals surface area contributed by atoms with E-state index in [1.165, 1.54) is 0 Å². The van der Waals surface area contributed by atoms with E-state index in [0.717, 1.165) is 34.2 Å². The number of aryl methyl sites for hydroxylation is 6. The first-order valence-electron chi connectivity index (χ1n) is 6.79. The number of halogens is 3. The predicted molar refractivity (Wildman–Crippen MR) is 86.1 cm³/mol. The molecule has 164 valence electrons. The van der Waals surface area contributed by atoms with Gasteiger partial charge in [-0.1, -0.05) is 44.5 Å². The van der Waals surface area contributed by atoms with Gasteiger partial charge in [0.05, 0.1) is 0 Å². The Kier molecular flexibility index (Phi) is 28.4. The number of nitrogens with zero attached hydrogens (tertiary/aromatic N) is 6. The van der Waals surface area contributed by atoms with E-state index in [9.17, 15) is 0 Å². The van der Waals surface area contributed by atoms with Gasteiger partial charge in [-0.25, -0.2) is 0 Å². The SMILES string of the molecule is Cc1cc(C)[n-]n1.Cc1cc(C)[n-]n1.Cc1n[n-]c(C)c1Cl.[Au+3].[Au+].[Au+].[Cl-].[Cl-]. The van der Waals surface area contributed by atoms with E-state index in [2.05, 4.69) is 30.6 Å². The molecule has 0 atom stereocenters. The molecule has 0 saturated carbocycles. The van der Waals surface area contributed by atoms with E-state index in [-0.39, 0.29) is 92.0 Å². The summed E-state index contributed by atoms with van der Waals surface area (Å²) in [6.45, 7) is 11.4. The molecule has 0 amide bonds. The summed E-state index contributed by atoms with van der Waals surface area (Å²) in [5.41, 5.74) is 5.61. The molecule has 3 heterocycles. The minimum atomic E-state index is 0. The van der Waals surface area contributed by atoms with Crippen molar-refractivity contribution < 1.29 is 92.0 Å². The Labute approximate surface area is 224 Å². The zero-order chi connectivity index (χ0) is 16.7. The van der Waals surface area contributed by atoms with Crippen LogP contribution in [0.3, 0.4) is 0 Å². The normalized spacial score (nSPS) is 7.81. The van der Waals surface area contributed by atoms with Crippen molar-refractivity contribution in [1.29, 1.82) is 0 Å². The van der Waals surface area contributed by atoms with Crippen LogP contribution < -0.4 is 40.1 Å². The van der Waals surface area contributed by atoms with Gasteiger partial charge in [0.2, 0.25) is 0 Å². The quantitative estimate of drug-likeness (QED) is 0.219. The molecule has 3 aromatic rings. The average Bonchev–Trinajstić information content (AvgIpc) is 3.10. The standard InChI is InChI=1S/C5H6ClN2.2C5H7N2.3Au.2ClH/c1-3-5(6)4(2)8-7-3;2*1-4-3-5(2)7-6-4;;;;;/h1-2H3;2*3H,1-2H3;;;;2*1H/q3*-1;2*+1;+3;;/p-2. The summed E-state index contributed by atoms with van der Waals surface area (Å²) < 4.78 is 0. The van der Waals surface area contributed by atoms with E-state index in [1.54, 1.807) is 0 Å². The maximum absolute atomic E-state index is 5.67. The van der Waals surface area contributed by atoms with Crippen LogP contribution in [0.25, 0.3) is 0 Å². The fraction of sp³-hybridized carbons (Fsp3) is 0.400. The van der Waals surface area contributed by atoms with E-state index in [1.807, 2.05) is 53.7 Å². The van der Waals surface area contributed by atoms with Gasteiger partial charge in [0.1, 0.15) is 0 Å².